The number of hydrogen-bond donors (Lipinski definition) is 2. The third-order valence-electron chi connectivity index (χ3n) is 4.80. The van der Waals surface area contributed by atoms with Crippen LogP contribution in [0.25, 0.3) is 22.0 Å². The first-order chi connectivity index (χ1) is 12.7. The van der Waals surface area contributed by atoms with Crippen LogP contribution in [0.3, 0.4) is 0 Å². The molecule has 3 rings (SSSR count). The fraction of sp³-hybridized carbons (Fsp3) is 0.273. The predicted molar refractivity (Wildman–Crippen MR) is 109 cm³/mol. The first-order valence-electron chi connectivity index (χ1n) is 8.87. The molecule has 0 unspecified atom stereocenters. The van der Waals surface area contributed by atoms with Gasteiger partial charge in [0.25, 0.3) is 0 Å². The Hall–Kier alpha value is -3.08. The molecule has 5 heteroatoms. The number of para-hydroxylation sites is 1. The van der Waals surface area contributed by atoms with Crippen LogP contribution < -0.4 is 4.90 Å². The van der Waals surface area contributed by atoms with Gasteiger partial charge in [0.15, 0.2) is 0 Å². The number of anilines is 1. The highest BCUT2D eigenvalue weighted by molar-refractivity contribution is 6.08. The second kappa shape index (κ2) is 6.91. The number of nitrogens with zero attached hydrogens (tertiary/aromatic N) is 1. The lowest BCUT2D eigenvalue weighted by Crippen LogP contribution is -2.18. The minimum absolute atomic E-state index is 0.112. The number of aldehydes is 1. The summed E-state index contributed by atoms with van der Waals surface area (Å²) in [4.78, 5) is 27.6. The van der Waals surface area contributed by atoms with Crippen LogP contribution in [0.5, 0.6) is 0 Å². The third-order valence-corrected chi connectivity index (χ3v) is 4.80. The Morgan fingerprint density at radius 2 is 1.81 bits per heavy atom. The first-order valence-corrected chi connectivity index (χ1v) is 8.87. The highest BCUT2D eigenvalue weighted by Crippen LogP contribution is 2.38. The molecule has 0 fully saturated rings. The summed E-state index contributed by atoms with van der Waals surface area (Å²) in [6, 6.07) is 13.6. The van der Waals surface area contributed by atoms with Crippen molar-refractivity contribution in [1.29, 1.82) is 0 Å². The number of likely N-dealkylation sites (N-methyl/N-ethyl adjacent to an activating group) is 1. The smallest absolute Gasteiger partial charge is 0.352 e. The molecule has 5 nitrogen and oxygen atoms in total. The van der Waals surface area contributed by atoms with Gasteiger partial charge in [-0.25, -0.2) is 4.79 Å². The van der Waals surface area contributed by atoms with Crippen molar-refractivity contribution in [2.24, 2.45) is 0 Å². The van der Waals surface area contributed by atoms with E-state index in [2.05, 4.69) is 25.8 Å². The highest BCUT2D eigenvalue weighted by Gasteiger charge is 2.24. The summed E-state index contributed by atoms with van der Waals surface area (Å²) in [6.45, 7) is 6.64. The van der Waals surface area contributed by atoms with E-state index >= 15 is 0 Å². The maximum Gasteiger partial charge on any atom is 0.352 e. The van der Waals surface area contributed by atoms with Crippen LogP contribution in [-0.4, -0.2) is 35.9 Å². The van der Waals surface area contributed by atoms with Crippen LogP contribution in [0.15, 0.2) is 42.5 Å². The van der Waals surface area contributed by atoms with E-state index in [1.54, 1.807) is 0 Å². The van der Waals surface area contributed by atoms with E-state index in [-0.39, 0.29) is 11.1 Å². The Kier molecular flexibility index (Phi) is 4.79. The second-order valence-electron chi connectivity index (χ2n) is 7.75. The number of aromatic nitrogens is 1. The number of benzene rings is 2. The lowest BCUT2D eigenvalue weighted by atomic mass is 9.85. The summed E-state index contributed by atoms with van der Waals surface area (Å²) < 4.78 is 0. The molecule has 0 aliphatic carbocycles. The molecule has 2 N–H and O–H groups in total. The Morgan fingerprint density at radius 3 is 2.37 bits per heavy atom. The molecule has 3 aromatic rings. The van der Waals surface area contributed by atoms with Gasteiger partial charge in [-0.1, -0.05) is 51.1 Å². The van der Waals surface area contributed by atoms with Gasteiger partial charge in [0.2, 0.25) is 0 Å². The van der Waals surface area contributed by atoms with Crippen molar-refractivity contribution in [3.05, 3.63) is 53.7 Å². The number of hydrogen-bond acceptors (Lipinski definition) is 3. The van der Waals surface area contributed by atoms with Gasteiger partial charge in [0.1, 0.15) is 12.0 Å². The standard InChI is InChI=1S/C22H24N2O3/c1-22(2,3)17-7-5-6-16-18(20(21(26)27)23-19(16)17)14-8-10-15(11-9-14)24(4)12-13-25/h5-11,13,23H,12H2,1-4H3,(H,26,27). The number of carboxylic acids is 1. The zero-order chi connectivity index (χ0) is 19.8. The van der Waals surface area contributed by atoms with Crippen molar-refractivity contribution in [3.63, 3.8) is 0 Å². The molecule has 0 aliphatic rings. The molecule has 2 aromatic carbocycles. The molecule has 0 saturated heterocycles. The van der Waals surface area contributed by atoms with Gasteiger partial charge < -0.3 is 19.8 Å². The number of H-pyrrole nitrogens is 1. The maximum absolute atomic E-state index is 11.9. The lowest BCUT2D eigenvalue weighted by molar-refractivity contribution is -0.106. The molecule has 0 saturated carbocycles. The summed E-state index contributed by atoms with van der Waals surface area (Å²) in [7, 11) is 1.84. The zero-order valence-electron chi connectivity index (χ0n) is 16.0. The van der Waals surface area contributed by atoms with E-state index in [9.17, 15) is 14.7 Å². The fourth-order valence-electron chi connectivity index (χ4n) is 3.40. The van der Waals surface area contributed by atoms with Gasteiger partial charge in [-0.15, -0.1) is 0 Å². The van der Waals surface area contributed by atoms with Gasteiger partial charge in [-0.2, -0.15) is 0 Å². The normalized spacial score (nSPS) is 11.6. The van der Waals surface area contributed by atoms with Gasteiger partial charge in [0.05, 0.1) is 12.1 Å². The highest BCUT2D eigenvalue weighted by atomic mass is 16.4. The predicted octanol–water partition coefficient (Wildman–Crippen LogP) is 4.47. The van der Waals surface area contributed by atoms with Gasteiger partial charge in [-0.05, 0) is 28.7 Å². The van der Waals surface area contributed by atoms with Crippen LogP contribution in [0, 0.1) is 0 Å². The topological polar surface area (TPSA) is 73.4 Å². The molecule has 0 atom stereocenters. The number of aromatic amines is 1. The lowest BCUT2D eigenvalue weighted by Gasteiger charge is -2.20. The summed E-state index contributed by atoms with van der Waals surface area (Å²) >= 11 is 0. The Bertz CT molecular complexity index is 995. The van der Waals surface area contributed by atoms with Gasteiger partial charge in [0, 0.05) is 23.7 Å². The SMILES string of the molecule is CN(CC=O)c1ccc(-c2c(C(=O)O)[nH]c3c(C(C)(C)C)cccc23)cc1. The second-order valence-corrected chi connectivity index (χ2v) is 7.75. The van der Waals surface area contributed by atoms with Crippen LogP contribution >= 0.6 is 0 Å². The molecule has 0 bridgehead atoms. The van der Waals surface area contributed by atoms with Crippen molar-refractivity contribution >= 4 is 28.8 Å². The summed E-state index contributed by atoms with van der Waals surface area (Å²) in [5.41, 5.74) is 4.43. The third kappa shape index (κ3) is 3.45. The van der Waals surface area contributed by atoms with E-state index in [1.807, 2.05) is 54.4 Å². The van der Waals surface area contributed by atoms with Crippen LogP contribution in [-0.2, 0) is 10.2 Å². The van der Waals surface area contributed by atoms with Crippen LogP contribution in [0.4, 0.5) is 5.69 Å². The Balaban J connectivity index is 2.20. The number of rotatable bonds is 5. The number of carbonyl (C=O) groups is 2. The zero-order valence-corrected chi connectivity index (χ0v) is 16.0. The molecule has 0 radical (unpaired) electrons. The van der Waals surface area contributed by atoms with Crippen molar-refractivity contribution in [3.8, 4) is 11.1 Å². The summed E-state index contributed by atoms with van der Waals surface area (Å²) in [5.74, 6) is -0.983. The number of fused-ring (bicyclic) bond motifs is 1. The molecule has 0 aliphatic heterocycles. The fourth-order valence-corrected chi connectivity index (χ4v) is 3.40. The molecule has 1 heterocycles. The molecule has 140 valence electrons. The van der Waals surface area contributed by atoms with Crippen LogP contribution in [0.1, 0.15) is 36.8 Å². The molecule has 27 heavy (non-hydrogen) atoms. The van der Waals surface area contributed by atoms with E-state index in [4.69, 9.17) is 0 Å². The Morgan fingerprint density at radius 1 is 1.15 bits per heavy atom. The summed E-state index contributed by atoms with van der Waals surface area (Å²) in [6.07, 6.45) is 0.851. The minimum atomic E-state index is -0.983. The number of carbonyl (C=O) groups excluding carboxylic acids is 1. The first kappa shape index (κ1) is 18.7. The quantitative estimate of drug-likeness (QED) is 0.655. The minimum Gasteiger partial charge on any atom is -0.477 e. The van der Waals surface area contributed by atoms with Crippen molar-refractivity contribution in [2.75, 3.05) is 18.5 Å². The molecular formula is C22H24N2O3. The summed E-state index contributed by atoms with van der Waals surface area (Å²) in [5, 5.41) is 10.7. The number of nitrogens with one attached hydrogen (secondary N) is 1. The van der Waals surface area contributed by atoms with Crippen molar-refractivity contribution < 1.29 is 14.7 Å². The van der Waals surface area contributed by atoms with E-state index < -0.39 is 5.97 Å². The average Bonchev–Trinajstić information content (AvgIpc) is 3.01. The monoisotopic (exact) mass is 364 g/mol. The van der Waals surface area contributed by atoms with Crippen molar-refractivity contribution in [2.45, 2.75) is 26.2 Å². The molecular weight excluding hydrogens is 340 g/mol. The molecule has 0 amide bonds. The Labute approximate surface area is 158 Å². The van der Waals surface area contributed by atoms with E-state index in [1.165, 1.54) is 0 Å². The number of aromatic carboxylic acids is 1. The molecule has 1 aromatic heterocycles. The van der Waals surface area contributed by atoms with Gasteiger partial charge in [-0.3, -0.25) is 0 Å². The van der Waals surface area contributed by atoms with E-state index in [0.29, 0.717) is 12.1 Å². The molecule has 0 spiro atoms. The van der Waals surface area contributed by atoms with Gasteiger partial charge >= 0.3 is 5.97 Å². The van der Waals surface area contributed by atoms with Crippen molar-refractivity contribution in [1.82, 2.24) is 4.98 Å². The van der Waals surface area contributed by atoms with E-state index in [0.717, 1.165) is 34.0 Å². The average molecular weight is 364 g/mol. The largest absolute Gasteiger partial charge is 0.477 e. The maximum atomic E-state index is 11.9. The number of carboxylic acid groups (broad SMARTS) is 1. The van der Waals surface area contributed by atoms with Crippen LogP contribution in [0.2, 0.25) is 0 Å².